The first-order valence-corrected chi connectivity index (χ1v) is 10.9. The van der Waals surface area contributed by atoms with Gasteiger partial charge in [0, 0.05) is 38.0 Å². The third kappa shape index (κ3) is 3.66. The molecule has 1 aromatic heterocycles. The van der Waals surface area contributed by atoms with Gasteiger partial charge >= 0.3 is 6.61 Å². The van der Waals surface area contributed by atoms with Crippen LogP contribution in [0.2, 0.25) is 0 Å². The van der Waals surface area contributed by atoms with E-state index < -0.39 is 6.61 Å². The van der Waals surface area contributed by atoms with Gasteiger partial charge in [0.2, 0.25) is 0 Å². The van der Waals surface area contributed by atoms with Crippen LogP contribution in [0.1, 0.15) is 41.1 Å². The molecule has 5 rings (SSSR count). The normalized spacial score (nSPS) is 17.3. The number of benzene rings is 2. The zero-order valence-electron chi connectivity index (χ0n) is 19.0. The number of carbonyl (C=O) groups is 1. The molecule has 174 valence electrons. The molecule has 0 bridgehead atoms. The molecule has 0 unspecified atom stereocenters. The molecule has 0 saturated heterocycles. The molecule has 0 radical (unpaired) electrons. The highest BCUT2D eigenvalue weighted by molar-refractivity contribution is 6.00. The van der Waals surface area contributed by atoms with E-state index in [-0.39, 0.29) is 28.9 Å². The van der Waals surface area contributed by atoms with Crippen molar-refractivity contribution < 1.29 is 18.3 Å². The van der Waals surface area contributed by atoms with Gasteiger partial charge in [-0.3, -0.25) is 9.36 Å². The summed E-state index contributed by atoms with van der Waals surface area (Å²) in [5.74, 6) is 6.57. The van der Waals surface area contributed by atoms with Gasteiger partial charge in [-0.25, -0.2) is 10.4 Å². The summed E-state index contributed by atoms with van der Waals surface area (Å²) in [6, 6.07) is 9.89. The van der Waals surface area contributed by atoms with Crippen molar-refractivity contribution in [1.29, 1.82) is 0 Å². The lowest BCUT2D eigenvalue weighted by Gasteiger charge is -2.24. The minimum atomic E-state index is -3.03. The number of hydrazine groups is 1. The van der Waals surface area contributed by atoms with Gasteiger partial charge in [0.1, 0.15) is 11.5 Å². The zero-order valence-corrected chi connectivity index (χ0v) is 19.0. The molecule has 0 fully saturated rings. The highest BCUT2D eigenvalue weighted by Gasteiger charge is 2.35. The van der Waals surface area contributed by atoms with E-state index in [1.165, 1.54) is 6.07 Å². The summed E-state index contributed by atoms with van der Waals surface area (Å²) >= 11 is 0. The summed E-state index contributed by atoms with van der Waals surface area (Å²) in [6.45, 7) is -0.417. The molecule has 3 heterocycles. The maximum atomic E-state index is 13.3. The molecule has 34 heavy (non-hydrogen) atoms. The Morgan fingerprint density at radius 3 is 2.76 bits per heavy atom. The Hall–Kier alpha value is -3.90. The third-order valence-electron chi connectivity index (χ3n) is 6.06. The number of ether oxygens (including phenoxy) is 1. The Morgan fingerprint density at radius 1 is 1.24 bits per heavy atom. The number of alkyl halides is 2. The highest BCUT2D eigenvalue weighted by atomic mass is 19.3. The first-order valence-electron chi connectivity index (χ1n) is 10.9. The Balaban J connectivity index is 1.75. The highest BCUT2D eigenvalue weighted by Crippen LogP contribution is 2.40. The second-order valence-corrected chi connectivity index (χ2v) is 8.23. The van der Waals surface area contributed by atoms with Crippen LogP contribution < -0.4 is 10.2 Å². The fourth-order valence-electron chi connectivity index (χ4n) is 4.47. The van der Waals surface area contributed by atoms with E-state index in [0.29, 0.717) is 29.8 Å². The molecule has 0 aliphatic carbocycles. The van der Waals surface area contributed by atoms with Crippen LogP contribution in [0.25, 0.3) is 16.7 Å². The van der Waals surface area contributed by atoms with E-state index in [9.17, 15) is 13.6 Å². The quantitative estimate of drug-likeness (QED) is 0.598. The van der Waals surface area contributed by atoms with E-state index in [1.807, 2.05) is 43.4 Å². The predicted octanol–water partition coefficient (Wildman–Crippen LogP) is 3.85. The largest absolute Gasteiger partial charge is 0.433 e. The molecule has 3 aromatic rings. The summed E-state index contributed by atoms with van der Waals surface area (Å²) < 4.78 is 33.2. The molecule has 7 nitrogen and oxygen atoms in total. The van der Waals surface area contributed by atoms with Crippen molar-refractivity contribution >= 4 is 16.9 Å². The molecular formula is C25H23F2N5O2. The molecular weight excluding hydrogens is 440 g/mol. The fourth-order valence-corrected chi connectivity index (χ4v) is 4.47. The van der Waals surface area contributed by atoms with Crippen molar-refractivity contribution in [2.45, 2.75) is 26.0 Å². The minimum Gasteiger partial charge on any atom is -0.433 e. The van der Waals surface area contributed by atoms with Crippen molar-refractivity contribution in [2.75, 3.05) is 20.6 Å². The molecule has 9 heteroatoms. The standard InChI is InChI=1S/C25H23F2N5O2/c1-4-19-23-29-18-11-10-15(8-9-16-13-28-30(2)14-16)12-20(18)32(23)22-17(24(33)31(19)3)6-5-7-21(22)34-25(26)27/h5-7,10-12,14,19,25,28H,4,13H2,1-3H3/t19-/m1/s1. The van der Waals surface area contributed by atoms with Crippen LogP contribution in [0.4, 0.5) is 8.78 Å². The van der Waals surface area contributed by atoms with E-state index in [0.717, 1.165) is 11.1 Å². The van der Waals surface area contributed by atoms with Crippen LogP contribution in [-0.4, -0.2) is 52.6 Å². The van der Waals surface area contributed by atoms with Gasteiger partial charge in [0.05, 0.1) is 22.6 Å². The minimum absolute atomic E-state index is 0.0757. The zero-order chi connectivity index (χ0) is 24.0. The van der Waals surface area contributed by atoms with Gasteiger partial charge in [-0.05, 0) is 36.8 Å². The van der Waals surface area contributed by atoms with Gasteiger partial charge in [-0.15, -0.1) is 0 Å². The Morgan fingerprint density at radius 2 is 2.06 bits per heavy atom. The summed E-state index contributed by atoms with van der Waals surface area (Å²) in [4.78, 5) is 19.7. The molecule has 2 aliphatic heterocycles. The number of nitrogens with one attached hydrogen (secondary N) is 1. The maximum absolute atomic E-state index is 13.3. The number of hydrogen-bond acceptors (Lipinski definition) is 5. The molecule has 0 saturated carbocycles. The van der Waals surface area contributed by atoms with E-state index >= 15 is 0 Å². The van der Waals surface area contributed by atoms with Crippen molar-refractivity contribution in [3.8, 4) is 23.3 Å². The molecule has 1 N–H and O–H groups in total. The van der Waals surface area contributed by atoms with E-state index in [4.69, 9.17) is 9.72 Å². The second kappa shape index (κ2) is 8.47. The number of fused-ring (bicyclic) bond motifs is 5. The monoisotopic (exact) mass is 463 g/mol. The SMILES string of the molecule is CC[C@@H]1c2nc3ccc(C#CC4=CN(C)NC4)cc3n2-c2c(OC(F)F)cccc2C(=O)N1C. The van der Waals surface area contributed by atoms with Crippen molar-refractivity contribution in [1.82, 2.24) is 24.9 Å². The van der Waals surface area contributed by atoms with Crippen molar-refractivity contribution in [2.24, 2.45) is 0 Å². The lowest BCUT2D eigenvalue weighted by atomic mass is 10.1. The first-order chi connectivity index (χ1) is 16.4. The van der Waals surface area contributed by atoms with Crippen molar-refractivity contribution in [3.63, 3.8) is 0 Å². The summed E-state index contributed by atoms with van der Waals surface area (Å²) in [5.41, 5.74) is 6.74. The Bertz CT molecular complexity index is 1390. The number of nitrogens with zero attached hydrogens (tertiary/aromatic N) is 4. The molecule has 1 amide bonds. The Kier molecular flexibility index (Phi) is 5.46. The predicted molar refractivity (Wildman–Crippen MR) is 124 cm³/mol. The fraction of sp³-hybridized carbons (Fsp3) is 0.280. The number of rotatable bonds is 3. The third-order valence-corrected chi connectivity index (χ3v) is 6.06. The van der Waals surface area contributed by atoms with Gasteiger partial charge < -0.3 is 14.6 Å². The smallest absolute Gasteiger partial charge is 0.387 e. The number of imidazole rings is 1. The van der Waals surface area contributed by atoms with Crippen LogP contribution in [0, 0.1) is 11.8 Å². The summed E-state index contributed by atoms with van der Waals surface area (Å²) in [7, 11) is 3.61. The number of amides is 1. The number of para-hydroxylation sites is 1. The van der Waals surface area contributed by atoms with Crippen LogP contribution in [0.3, 0.4) is 0 Å². The number of halogens is 2. The Labute approximate surface area is 195 Å². The topological polar surface area (TPSA) is 62.6 Å². The lowest BCUT2D eigenvalue weighted by molar-refractivity contribution is -0.0498. The molecule has 2 aliphatic rings. The van der Waals surface area contributed by atoms with Crippen LogP contribution >= 0.6 is 0 Å². The second-order valence-electron chi connectivity index (χ2n) is 8.23. The molecule has 0 spiro atoms. The van der Waals surface area contributed by atoms with E-state index in [2.05, 4.69) is 17.3 Å². The summed E-state index contributed by atoms with van der Waals surface area (Å²) in [6.07, 6.45) is 2.53. The van der Waals surface area contributed by atoms with Crippen LogP contribution in [0.15, 0.2) is 48.2 Å². The lowest BCUT2D eigenvalue weighted by Crippen LogP contribution is -2.30. The summed E-state index contributed by atoms with van der Waals surface area (Å²) in [5, 5.41) is 1.85. The number of hydrogen-bond donors (Lipinski definition) is 1. The number of carbonyl (C=O) groups excluding carboxylic acids is 1. The van der Waals surface area contributed by atoms with Crippen molar-refractivity contribution in [3.05, 3.63) is 65.1 Å². The maximum Gasteiger partial charge on any atom is 0.387 e. The van der Waals surface area contributed by atoms with Gasteiger partial charge in [-0.2, -0.15) is 8.78 Å². The molecule has 2 aromatic carbocycles. The van der Waals surface area contributed by atoms with Gasteiger partial charge in [0.25, 0.3) is 5.91 Å². The first kappa shape index (κ1) is 21.9. The average molecular weight is 463 g/mol. The van der Waals surface area contributed by atoms with Crippen LogP contribution in [0.5, 0.6) is 5.75 Å². The van der Waals surface area contributed by atoms with Crippen LogP contribution in [-0.2, 0) is 0 Å². The van der Waals surface area contributed by atoms with Gasteiger partial charge in [0.15, 0.2) is 5.75 Å². The average Bonchev–Trinajstić information content (AvgIpc) is 3.37. The number of aromatic nitrogens is 2. The molecule has 1 atom stereocenters. The van der Waals surface area contributed by atoms with Gasteiger partial charge in [-0.1, -0.05) is 24.8 Å². The van der Waals surface area contributed by atoms with E-state index in [1.54, 1.807) is 28.6 Å².